The van der Waals surface area contributed by atoms with E-state index in [-0.39, 0.29) is 17.9 Å². The molecule has 6 nitrogen and oxygen atoms in total. The van der Waals surface area contributed by atoms with Gasteiger partial charge in [-0.3, -0.25) is 9.59 Å². The van der Waals surface area contributed by atoms with E-state index in [1.54, 1.807) is 13.2 Å². The van der Waals surface area contributed by atoms with Crippen molar-refractivity contribution in [1.29, 1.82) is 0 Å². The zero-order valence-corrected chi connectivity index (χ0v) is 16.3. The maximum Gasteiger partial charge on any atom is 0.294 e. The number of Topliss-reactive ketones (excluding diaryl/α,β-unsaturated/α-hetero) is 1. The lowest BCUT2D eigenvalue weighted by Crippen LogP contribution is -2.27. The lowest BCUT2D eigenvalue weighted by atomic mass is 10.1. The summed E-state index contributed by atoms with van der Waals surface area (Å²) in [6.45, 7) is 1.73. The minimum Gasteiger partial charge on any atom is -0.497 e. The Hall–Kier alpha value is -2.84. The van der Waals surface area contributed by atoms with Crippen molar-refractivity contribution in [3.8, 4) is 17.0 Å². The van der Waals surface area contributed by atoms with Gasteiger partial charge in [0.25, 0.3) is 5.56 Å². The minimum absolute atomic E-state index is 0.122. The molecule has 4 aromatic rings. The second-order valence-corrected chi connectivity index (χ2v) is 8.01. The fourth-order valence-electron chi connectivity index (χ4n) is 2.78. The van der Waals surface area contributed by atoms with Gasteiger partial charge in [0.2, 0.25) is 0 Å². The van der Waals surface area contributed by atoms with Gasteiger partial charge >= 0.3 is 0 Å². The zero-order chi connectivity index (χ0) is 19.0. The second kappa shape index (κ2) is 7.05. The van der Waals surface area contributed by atoms with Crippen LogP contribution in [0, 0.1) is 6.92 Å². The lowest BCUT2D eigenvalue weighted by Gasteiger charge is -2.09. The summed E-state index contributed by atoms with van der Waals surface area (Å²) >= 11 is 2.76. The van der Waals surface area contributed by atoms with E-state index in [1.165, 1.54) is 27.4 Å². The van der Waals surface area contributed by atoms with Crippen LogP contribution >= 0.6 is 22.7 Å². The fraction of sp³-hybridized carbons (Fsp3) is 0.158. The number of fused-ring (bicyclic) bond motifs is 1. The van der Waals surface area contributed by atoms with Crippen LogP contribution < -0.4 is 10.3 Å². The number of ether oxygens (including phenoxy) is 1. The van der Waals surface area contributed by atoms with Gasteiger partial charge in [0, 0.05) is 5.56 Å². The monoisotopic (exact) mass is 397 g/mol. The summed E-state index contributed by atoms with van der Waals surface area (Å²) in [5.74, 6) is 0.540. The van der Waals surface area contributed by atoms with E-state index in [2.05, 4.69) is 10.1 Å². The predicted octanol–water partition coefficient (Wildman–Crippen LogP) is 3.78. The number of thiazole rings is 1. The van der Waals surface area contributed by atoms with E-state index >= 15 is 0 Å². The quantitative estimate of drug-likeness (QED) is 0.479. The van der Waals surface area contributed by atoms with Crippen molar-refractivity contribution in [3.05, 3.63) is 62.0 Å². The molecule has 3 heterocycles. The average molecular weight is 397 g/mol. The van der Waals surface area contributed by atoms with Crippen molar-refractivity contribution >= 4 is 38.7 Å². The van der Waals surface area contributed by atoms with E-state index < -0.39 is 0 Å². The van der Waals surface area contributed by atoms with Crippen LogP contribution in [0.1, 0.15) is 14.7 Å². The average Bonchev–Trinajstić information content (AvgIpc) is 3.34. The van der Waals surface area contributed by atoms with E-state index in [9.17, 15) is 9.59 Å². The van der Waals surface area contributed by atoms with Gasteiger partial charge in [-0.15, -0.1) is 22.7 Å². The number of nitrogens with zero attached hydrogens (tertiary/aromatic N) is 3. The lowest BCUT2D eigenvalue weighted by molar-refractivity contribution is 0.0970. The van der Waals surface area contributed by atoms with Gasteiger partial charge in [-0.2, -0.15) is 5.10 Å². The molecular formula is C19H15N3O3S2. The van der Waals surface area contributed by atoms with Gasteiger partial charge in [-0.05, 0) is 30.5 Å². The van der Waals surface area contributed by atoms with Crippen LogP contribution in [0.25, 0.3) is 21.5 Å². The molecular weight excluding hydrogens is 382 g/mol. The van der Waals surface area contributed by atoms with Gasteiger partial charge < -0.3 is 4.74 Å². The molecule has 3 aromatic heterocycles. The third-order valence-electron chi connectivity index (χ3n) is 4.04. The van der Waals surface area contributed by atoms with Gasteiger partial charge in [0.1, 0.15) is 18.0 Å². The van der Waals surface area contributed by atoms with Crippen LogP contribution in [0.5, 0.6) is 5.75 Å². The number of aryl methyl sites for hydroxylation is 1. The maximum atomic E-state index is 12.8. The Balaban J connectivity index is 1.89. The smallest absolute Gasteiger partial charge is 0.294 e. The number of thiophene rings is 1. The van der Waals surface area contributed by atoms with Crippen LogP contribution in [0.4, 0.5) is 0 Å². The van der Waals surface area contributed by atoms with Crippen molar-refractivity contribution < 1.29 is 9.53 Å². The molecule has 0 bridgehead atoms. The number of aromatic nitrogens is 3. The van der Waals surface area contributed by atoms with Crippen molar-refractivity contribution in [2.75, 3.05) is 7.11 Å². The highest BCUT2D eigenvalue weighted by atomic mass is 32.1. The van der Waals surface area contributed by atoms with E-state index in [4.69, 9.17) is 4.74 Å². The summed E-state index contributed by atoms with van der Waals surface area (Å²) in [5.41, 5.74) is 1.41. The molecule has 4 rings (SSSR count). The van der Waals surface area contributed by atoms with Gasteiger partial charge in [-0.25, -0.2) is 9.67 Å². The maximum absolute atomic E-state index is 12.8. The molecule has 0 fully saturated rings. The summed E-state index contributed by atoms with van der Waals surface area (Å²) in [4.78, 5) is 30.3. The Bertz CT molecular complexity index is 1190. The molecule has 0 radical (unpaired) electrons. The van der Waals surface area contributed by atoms with Gasteiger partial charge in [0.15, 0.2) is 11.3 Å². The van der Waals surface area contributed by atoms with Crippen LogP contribution in [-0.2, 0) is 6.54 Å². The van der Waals surface area contributed by atoms with Gasteiger partial charge in [0.05, 0.1) is 21.7 Å². The molecule has 0 unspecified atom stereocenters. The molecule has 0 amide bonds. The SMILES string of the molecule is COc1cccc(-c2nn(CC(=O)c3cccs3)c(=O)c3nc(C)sc23)c1. The molecule has 0 aliphatic carbocycles. The number of methoxy groups -OCH3 is 1. The molecule has 8 heteroatoms. The van der Waals surface area contributed by atoms with Crippen LogP contribution in [-0.4, -0.2) is 27.7 Å². The van der Waals surface area contributed by atoms with Crippen molar-refractivity contribution in [2.45, 2.75) is 13.5 Å². The van der Waals surface area contributed by atoms with E-state index in [1.807, 2.05) is 42.6 Å². The first-order chi connectivity index (χ1) is 13.1. The molecule has 0 saturated carbocycles. The second-order valence-electron chi connectivity index (χ2n) is 5.85. The summed E-state index contributed by atoms with van der Waals surface area (Å²) in [6.07, 6.45) is 0. The first kappa shape index (κ1) is 17.6. The standard InChI is InChI=1S/C19H15N3O3S2/c1-11-20-17-18(27-11)16(12-5-3-6-13(9-12)25-2)21-22(19(17)24)10-14(23)15-7-4-8-26-15/h3-9H,10H2,1-2H3. The van der Waals surface area contributed by atoms with E-state index in [0.717, 1.165) is 10.6 Å². The highest BCUT2D eigenvalue weighted by molar-refractivity contribution is 7.19. The molecule has 0 atom stereocenters. The molecule has 0 saturated heterocycles. The Kier molecular flexibility index (Phi) is 4.59. The summed E-state index contributed by atoms with van der Waals surface area (Å²) < 4.78 is 7.22. The number of hydrogen-bond acceptors (Lipinski definition) is 7. The van der Waals surface area contributed by atoms with Crippen LogP contribution in [0.3, 0.4) is 0 Å². The van der Waals surface area contributed by atoms with Gasteiger partial charge in [-0.1, -0.05) is 18.2 Å². The molecule has 0 aliphatic rings. The van der Waals surface area contributed by atoms with E-state index in [0.29, 0.717) is 26.5 Å². The zero-order valence-electron chi connectivity index (χ0n) is 14.6. The largest absolute Gasteiger partial charge is 0.497 e. The minimum atomic E-state index is -0.356. The number of hydrogen-bond donors (Lipinski definition) is 0. The molecule has 1 aromatic carbocycles. The summed E-state index contributed by atoms with van der Waals surface area (Å²) in [5, 5.41) is 7.12. The predicted molar refractivity (Wildman–Crippen MR) is 107 cm³/mol. The fourth-order valence-corrected chi connectivity index (χ4v) is 4.36. The third kappa shape index (κ3) is 3.29. The number of rotatable bonds is 5. The number of carbonyl (C=O) groups is 1. The Morgan fingerprint density at radius 2 is 2.11 bits per heavy atom. The third-order valence-corrected chi connectivity index (χ3v) is 5.93. The Morgan fingerprint density at radius 3 is 2.85 bits per heavy atom. The van der Waals surface area contributed by atoms with Crippen LogP contribution in [0.2, 0.25) is 0 Å². The highest BCUT2D eigenvalue weighted by Gasteiger charge is 2.19. The van der Waals surface area contributed by atoms with Crippen molar-refractivity contribution in [3.63, 3.8) is 0 Å². The first-order valence-corrected chi connectivity index (χ1v) is 9.86. The number of carbonyl (C=O) groups excluding carboxylic acids is 1. The first-order valence-electron chi connectivity index (χ1n) is 8.16. The molecule has 0 N–H and O–H groups in total. The number of benzene rings is 1. The number of ketones is 1. The Morgan fingerprint density at radius 1 is 1.26 bits per heavy atom. The molecule has 0 spiro atoms. The van der Waals surface area contributed by atoms with Crippen molar-refractivity contribution in [2.24, 2.45) is 0 Å². The van der Waals surface area contributed by atoms with Crippen molar-refractivity contribution in [1.82, 2.24) is 14.8 Å². The highest BCUT2D eigenvalue weighted by Crippen LogP contribution is 2.31. The molecule has 0 aliphatic heterocycles. The molecule has 27 heavy (non-hydrogen) atoms. The summed E-state index contributed by atoms with van der Waals surface area (Å²) in [7, 11) is 1.60. The normalized spacial score (nSPS) is 11.0. The Labute approximate surface area is 162 Å². The topological polar surface area (TPSA) is 74.1 Å². The summed E-state index contributed by atoms with van der Waals surface area (Å²) in [6, 6.07) is 11.0. The molecule has 136 valence electrons. The van der Waals surface area contributed by atoms with Crippen LogP contribution in [0.15, 0.2) is 46.6 Å².